The predicted octanol–water partition coefficient (Wildman–Crippen LogP) is 3.46. The van der Waals surface area contributed by atoms with E-state index in [9.17, 15) is 9.18 Å². The fourth-order valence-electron chi connectivity index (χ4n) is 1.78. The number of ketones is 1. The zero-order valence-electron chi connectivity index (χ0n) is 9.12. The molecule has 0 saturated heterocycles. The van der Waals surface area contributed by atoms with Gasteiger partial charge in [-0.15, -0.1) is 0 Å². The number of Topliss-reactive ketones (excluding diaryl/α,β-unsaturated/α-hetero) is 1. The van der Waals surface area contributed by atoms with Gasteiger partial charge in [-0.05, 0) is 24.8 Å². The standard InChI is InChI=1S/C13H11ClFNO/c14-11-3-1-2-9(13(11)15)10(7-16)12(17)6-8-4-5-8/h1-3,8,10H,4-6H2. The van der Waals surface area contributed by atoms with Gasteiger partial charge in [0.15, 0.2) is 5.78 Å². The van der Waals surface area contributed by atoms with Crippen molar-refractivity contribution in [2.24, 2.45) is 5.92 Å². The van der Waals surface area contributed by atoms with E-state index in [-0.39, 0.29) is 16.4 Å². The van der Waals surface area contributed by atoms with Gasteiger partial charge in [0.2, 0.25) is 0 Å². The van der Waals surface area contributed by atoms with Crippen molar-refractivity contribution in [2.45, 2.75) is 25.2 Å². The highest BCUT2D eigenvalue weighted by Crippen LogP contribution is 2.35. The number of hydrogen-bond donors (Lipinski definition) is 0. The van der Waals surface area contributed by atoms with E-state index in [0.717, 1.165) is 12.8 Å². The Morgan fingerprint density at radius 3 is 2.88 bits per heavy atom. The van der Waals surface area contributed by atoms with Crippen LogP contribution in [0.25, 0.3) is 0 Å². The zero-order chi connectivity index (χ0) is 12.4. The fraction of sp³-hybridized carbons (Fsp3) is 0.385. The molecule has 1 fully saturated rings. The minimum Gasteiger partial charge on any atom is -0.298 e. The molecule has 0 heterocycles. The van der Waals surface area contributed by atoms with E-state index in [1.807, 2.05) is 6.07 Å². The first-order valence-corrected chi connectivity index (χ1v) is 5.87. The second kappa shape index (κ2) is 4.85. The summed E-state index contributed by atoms with van der Waals surface area (Å²) >= 11 is 5.64. The number of rotatable bonds is 4. The Hall–Kier alpha value is -1.40. The lowest BCUT2D eigenvalue weighted by molar-refractivity contribution is -0.119. The number of carbonyl (C=O) groups excluding carboxylic acids is 1. The first-order chi connectivity index (χ1) is 8.13. The number of carbonyl (C=O) groups is 1. The molecule has 0 amide bonds. The highest BCUT2D eigenvalue weighted by atomic mass is 35.5. The molecule has 0 bridgehead atoms. The molecule has 1 atom stereocenters. The molecule has 4 heteroatoms. The number of benzene rings is 1. The summed E-state index contributed by atoms with van der Waals surface area (Å²) in [5.41, 5.74) is 0.0886. The topological polar surface area (TPSA) is 40.9 Å². The van der Waals surface area contributed by atoms with E-state index in [0.29, 0.717) is 12.3 Å². The number of nitriles is 1. The van der Waals surface area contributed by atoms with Crippen LogP contribution >= 0.6 is 11.6 Å². The molecule has 1 aliphatic rings. The predicted molar refractivity (Wildman–Crippen MR) is 62.1 cm³/mol. The minimum atomic E-state index is -1.03. The van der Waals surface area contributed by atoms with Crippen molar-refractivity contribution >= 4 is 17.4 Å². The molecule has 17 heavy (non-hydrogen) atoms. The molecule has 0 spiro atoms. The maximum Gasteiger partial charge on any atom is 0.154 e. The highest BCUT2D eigenvalue weighted by molar-refractivity contribution is 6.30. The first kappa shape index (κ1) is 12.1. The van der Waals surface area contributed by atoms with Crippen molar-refractivity contribution in [3.05, 3.63) is 34.6 Å². The molecule has 0 aliphatic heterocycles. The molecular weight excluding hydrogens is 241 g/mol. The fourth-order valence-corrected chi connectivity index (χ4v) is 1.96. The Morgan fingerprint density at radius 1 is 1.59 bits per heavy atom. The highest BCUT2D eigenvalue weighted by Gasteiger charge is 2.30. The van der Waals surface area contributed by atoms with E-state index < -0.39 is 11.7 Å². The van der Waals surface area contributed by atoms with E-state index in [1.165, 1.54) is 12.1 Å². The maximum absolute atomic E-state index is 13.7. The van der Waals surface area contributed by atoms with E-state index >= 15 is 0 Å². The van der Waals surface area contributed by atoms with Crippen molar-refractivity contribution in [2.75, 3.05) is 0 Å². The summed E-state index contributed by atoms with van der Waals surface area (Å²) in [5, 5.41) is 8.96. The minimum absolute atomic E-state index is 0.0537. The van der Waals surface area contributed by atoms with E-state index in [2.05, 4.69) is 0 Å². The van der Waals surface area contributed by atoms with Crippen LogP contribution in [0.15, 0.2) is 18.2 Å². The van der Waals surface area contributed by atoms with Crippen LogP contribution in [0.5, 0.6) is 0 Å². The summed E-state index contributed by atoms with van der Waals surface area (Å²) in [5.74, 6) is -1.52. The Kier molecular flexibility index (Phi) is 3.44. The van der Waals surface area contributed by atoms with Gasteiger partial charge < -0.3 is 0 Å². The molecule has 1 aliphatic carbocycles. The molecular formula is C13H11ClFNO. The van der Waals surface area contributed by atoms with Gasteiger partial charge >= 0.3 is 0 Å². The van der Waals surface area contributed by atoms with Gasteiger partial charge in [0, 0.05) is 12.0 Å². The second-order valence-electron chi connectivity index (χ2n) is 4.32. The number of hydrogen-bond acceptors (Lipinski definition) is 2. The molecule has 1 aromatic carbocycles. The van der Waals surface area contributed by atoms with Crippen LogP contribution in [0.1, 0.15) is 30.7 Å². The summed E-state index contributed by atoms with van der Waals surface area (Å²) in [6, 6.07) is 6.27. The van der Waals surface area contributed by atoms with Crippen molar-refractivity contribution in [3.63, 3.8) is 0 Å². The first-order valence-electron chi connectivity index (χ1n) is 5.49. The molecule has 1 saturated carbocycles. The van der Waals surface area contributed by atoms with Gasteiger partial charge in [-0.3, -0.25) is 4.79 Å². The van der Waals surface area contributed by atoms with Gasteiger partial charge in [-0.1, -0.05) is 23.7 Å². The summed E-state index contributed by atoms with van der Waals surface area (Å²) in [6.45, 7) is 0. The maximum atomic E-state index is 13.7. The Labute approximate surface area is 104 Å². The van der Waals surface area contributed by atoms with Crippen LogP contribution in [0, 0.1) is 23.1 Å². The summed E-state index contributed by atoms with van der Waals surface area (Å²) in [7, 11) is 0. The van der Waals surface area contributed by atoms with Crippen LogP contribution in [0.4, 0.5) is 4.39 Å². The molecule has 0 aromatic heterocycles. The van der Waals surface area contributed by atoms with Crippen molar-refractivity contribution in [1.29, 1.82) is 5.26 Å². The largest absolute Gasteiger partial charge is 0.298 e. The molecule has 0 radical (unpaired) electrons. The molecule has 1 unspecified atom stereocenters. The van der Waals surface area contributed by atoms with Crippen molar-refractivity contribution in [1.82, 2.24) is 0 Å². The molecule has 1 aromatic rings. The van der Waals surface area contributed by atoms with Gasteiger partial charge in [-0.2, -0.15) is 5.26 Å². The summed E-state index contributed by atoms with van der Waals surface area (Å²) in [6.07, 6.45) is 2.42. The molecule has 0 N–H and O–H groups in total. The monoisotopic (exact) mass is 251 g/mol. The Balaban J connectivity index is 2.25. The summed E-state index contributed by atoms with van der Waals surface area (Å²) in [4.78, 5) is 11.9. The van der Waals surface area contributed by atoms with Gasteiger partial charge in [0.05, 0.1) is 11.1 Å². The molecule has 88 valence electrons. The van der Waals surface area contributed by atoms with Crippen LogP contribution in [0.3, 0.4) is 0 Å². The van der Waals surface area contributed by atoms with Crippen LogP contribution in [-0.2, 0) is 4.79 Å². The second-order valence-corrected chi connectivity index (χ2v) is 4.73. The van der Waals surface area contributed by atoms with Crippen molar-refractivity contribution < 1.29 is 9.18 Å². The van der Waals surface area contributed by atoms with Crippen LogP contribution in [-0.4, -0.2) is 5.78 Å². The smallest absolute Gasteiger partial charge is 0.154 e. The molecule has 2 rings (SSSR count). The SMILES string of the molecule is N#CC(C(=O)CC1CC1)c1cccc(Cl)c1F. The van der Waals surface area contributed by atoms with Crippen LogP contribution in [0.2, 0.25) is 5.02 Å². The third kappa shape index (κ3) is 2.65. The van der Waals surface area contributed by atoms with E-state index in [4.69, 9.17) is 16.9 Å². The zero-order valence-corrected chi connectivity index (χ0v) is 9.88. The molecule has 2 nitrogen and oxygen atoms in total. The van der Waals surface area contributed by atoms with Gasteiger partial charge in [-0.25, -0.2) is 4.39 Å². The Morgan fingerprint density at radius 2 is 2.29 bits per heavy atom. The normalized spacial score (nSPS) is 16.3. The average Bonchev–Trinajstić information content (AvgIpc) is 3.09. The van der Waals surface area contributed by atoms with Crippen LogP contribution < -0.4 is 0 Å². The lowest BCUT2D eigenvalue weighted by atomic mass is 9.93. The Bertz CT molecular complexity index is 491. The third-order valence-electron chi connectivity index (χ3n) is 2.93. The third-order valence-corrected chi connectivity index (χ3v) is 3.22. The lowest BCUT2D eigenvalue weighted by Gasteiger charge is -2.09. The van der Waals surface area contributed by atoms with Gasteiger partial charge in [0.1, 0.15) is 11.7 Å². The lowest BCUT2D eigenvalue weighted by Crippen LogP contribution is -2.13. The quantitative estimate of drug-likeness (QED) is 0.822. The summed E-state index contributed by atoms with van der Waals surface area (Å²) < 4.78 is 13.7. The number of nitrogens with zero attached hydrogens (tertiary/aromatic N) is 1. The number of halogens is 2. The van der Waals surface area contributed by atoms with Gasteiger partial charge in [0.25, 0.3) is 0 Å². The average molecular weight is 252 g/mol. The van der Waals surface area contributed by atoms with Crippen molar-refractivity contribution in [3.8, 4) is 6.07 Å². The van der Waals surface area contributed by atoms with E-state index in [1.54, 1.807) is 6.07 Å².